The van der Waals surface area contributed by atoms with E-state index >= 15 is 0 Å². The van der Waals surface area contributed by atoms with Gasteiger partial charge >= 0.3 is 7.12 Å². The molecule has 0 unspecified atom stereocenters. The molecule has 6 aromatic rings. The van der Waals surface area contributed by atoms with Crippen LogP contribution in [0.1, 0.15) is 27.7 Å². The number of rotatable bonds is 2. The van der Waals surface area contributed by atoms with Gasteiger partial charge < -0.3 is 9.31 Å². The van der Waals surface area contributed by atoms with Gasteiger partial charge in [0.1, 0.15) is 0 Å². The van der Waals surface area contributed by atoms with E-state index < -0.39 is 0 Å². The van der Waals surface area contributed by atoms with Crippen LogP contribution in [0.25, 0.3) is 51.5 Å². The highest BCUT2D eigenvalue weighted by Crippen LogP contribution is 2.43. The lowest BCUT2D eigenvalue weighted by Gasteiger charge is -2.32. The summed E-state index contributed by atoms with van der Waals surface area (Å²) in [5.74, 6) is 0. The van der Waals surface area contributed by atoms with Crippen molar-refractivity contribution >= 4 is 75.6 Å². The van der Waals surface area contributed by atoms with Crippen LogP contribution < -0.4 is 5.46 Å². The fraction of sp³-hybridized carbons (Fsp3) is 0.200. The maximum Gasteiger partial charge on any atom is 0.494 e. The molecule has 5 heteroatoms. The molecule has 0 atom stereocenters. The fourth-order valence-corrected chi connectivity index (χ4v) is 7.44. The normalized spacial score (nSPS) is 17.3. The summed E-state index contributed by atoms with van der Waals surface area (Å²) in [5.41, 5.74) is 2.81. The van der Waals surface area contributed by atoms with Gasteiger partial charge in [0.15, 0.2) is 0 Å². The molecular formula is C30H25BO2S2. The monoisotopic (exact) mass is 492 g/mol. The van der Waals surface area contributed by atoms with Crippen LogP contribution in [0.2, 0.25) is 0 Å². The van der Waals surface area contributed by atoms with Gasteiger partial charge in [0, 0.05) is 40.3 Å². The Kier molecular flexibility index (Phi) is 4.57. The summed E-state index contributed by atoms with van der Waals surface area (Å²) in [6, 6.07) is 28.9. The second-order valence-corrected chi connectivity index (χ2v) is 12.6. The van der Waals surface area contributed by atoms with E-state index in [0.717, 1.165) is 5.46 Å². The Morgan fingerprint density at radius 2 is 1.20 bits per heavy atom. The van der Waals surface area contributed by atoms with Gasteiger partial charge in [-0.1, -0.05) is 54.6 Å². The van der Waals surface area contributed by atoms with Crippen LogP contribution in [0.5, 0.6) is 0 Å². The van der Waals surface area contributed by atoms with Gasteiger partial charge in [-0.2, -0.15) is 0 Å². The summed E-state index contributed by atoms with van der Waals surface area (Å²) in [4.78, 5) is 0. The molecule has 1 aliphatic rings. The first-order valence-corrected chi connectivity index (χ1v) is 13.7. The number of hydrogen-bond donors (Lipinski definition) is 0. The molecule has 172 valence electrons. The molecule has 0 aliphatic carbocycles. The first kappa shape index (κ1) is 21.6. The van der Waals surface area contributed by atoms with Crippen LogP contribution in [0, 0.1) is 0 Å². The second-order valence-electron chi connectivity index (χ2n) is 10.4. The van der Waals surface area contributed by atoms with Crippen molar-refractivity contribution in [3.05, 3.63) is 78.9 Å². The Balaban J connectivity index is 1.48. The lowest BCUT2D eigenvalue weighted by Crippen LogP contribution is -2.41. The molecule has 0 N–H and O–H groups in total. The number of hydrogen-bond acceptors (Lipinski definition) is 4. The first-order chi connectivity index (χ1) is 16.8. The third-order valence-corrected chi connectivity index (χ3v) is 9.97. The lowest BCUT2D eigenvalue weighted by molar-refractivity contribution is 0.00578. The van der Waals surface area contributed by atoms with E-state index in [4.69, 9.17) is 9.31 Å². The van der Waals surface area contributed by atoms with Crippen LogP contribution in [0.4, 0.5) is 0 Å². The zero-order valence-corrected chi connectivity index (χ0v) is 21.8. The SMILES string of the molecule is CC1(C)OB(c2cc(-c3ccc4c(c3)sc3ccccc34)c3c(c2)sc2ccccc23)OC1(C)C. The average molecular weight is 492 g/mol. The molecule has 1 aliphatic heterocycles. The molecule has 35 heavy (non-hydrogen) atoms. The van der Waals surface area contributed by atoms with Crippen LogP contribution >= 0.6 is 22.7 Å². The minimum atomic E-state index is -0.388. The predicted molar refractivity (Wildman–Crippen MR) is 153 cm³/mol. The summed E-state index contributed by atoms with van der Waals surface area (Å²) < 4.78 is 18.1. The van der Waals surface area contributed by atoms with E-state index in [1.165, 1.54) is 51.5 Å². The molecular weight excluding hydrogens is 467 g/mol. The van der Waals surface area contributed by atoms with Gasteiger partial charge in [0.25, 0.3) is 0 Å². The maximum atomic E-state index is 6.46. The zero-order chi connectivity index (χ0) is 23.9. The van der Waals surface area contributed by atoms with Gasteiger partial charge in [-0.15, -0.1) is 22.7 Å². The molecule has 7 rings (SSSR count). The van der Waals surface area contributed by atoms with E-state index in [1.807, 2.05) is 22.7 Å². The van der Waals surface area contributed by atoms with Crippen molar-refractivity contribution in [3.8, 4) is 11.1 Å². The summed E-state index contributed by atoms with van der Waals surface area (Å²) >= 11 is 3.71. The van der Waals surface area contributed by atoms with Crippen LogP contribution in [0.3, 0.4) is 0 Å². The molecule has 2 aromatic heterocycles. The Hall–Kier alpha value is -2.70. The molecule has 0 bridgehead atoms. The topological polar surface area (TPSA) is 18.5 Å². The van der Waals surface area contributed by atoms with Gasteiger partial charge in [0.2, 0.25) is 0 Å². The number of benzene rings is 4. The van der Waals surface area contributed by atoms with E-state index in [-0.39, 0.29) is 18.3 Å². The summed E-state index contributed by atoms with van der Waals surface area (Å²) in [5, 5.41) is 5.27. The second kappa shape index (κ2) is 7.41. The molecule has 1 fully saturated rings. The molecule has 0 spiro atoms. The van der Waals surface area contributed by atoms with E-state index in [2.05, 4.69) is 107 Å². The molecule has 0 saturated carbocycles. The van der Waals surface area contributed by atoms with Gasteiger partial charge in [-0.25, -0.2) is 0 Å². The summed E-state index contributed by atoms with van der Waals surface area (Å²) in [7, 11) is -0.388. The molecule has 1 saturated heterocycles. The fourth-order valence-electron chi connectivity index (χ4n) is 5.11. The van der Waals surface area contributed by atoms with Crippen molar-refractivity contribution in [1.82, 2.24) is 0 Å². The lowest BCUT2D eigenvalue weighted by atomic mass is 9.77. The van der Waals surface area contributed by atoms with Gasteiger partial charge in [-0.3, -0.25) is 0 Å². The predicted octanol–water partition coefficient (Wildman–Crippen LogP) is 8.39. The van der Waals surface area contributed by atoms with Crippen molar-refractivity contribution in [2.75, 3.05) is 0 Å². The minimum Gasteiger partial charge on any atom is -0.399 e. The Morgan fingerprint density at radius 3 is 1.94 bits per heavy atom. The quantitative estimate of drug-likeness (QED) is 0.226. The highest BCUT2D eigenvalue weighted by atomic mass is 32.1. The highest BCUT2D eigenvalue weighted by Gasteiger charge is 2.51. The smallest absolute Gasteiger partial charge is 0.399 e. The number of fused-ring (bicyclic) bond motifs is 6. The molecule has 2 nitrogen and oxygen atoms in total. The average Bonchev–Trinajstić information content (AvgIpc) is 3.46. The van der Waals surface area contributed by atoms with E-state index in [9.17, 15) is 0 Å². The van der Waals surface area contributed by atoms with Crippen molar-refractivity contribution in [2.45, 2.75) is 38.9 Å². The minimum absolute atomic E-state index is 0.372. The molecule has 4 aromatic carbocycles. The zero-order valence-electron chi connectivity index (χ0n) is 20.2. The number of thiophene rings is 2. The van der Waals surface area contributed by atoms with Crippen molar-refractivity contribution in [1.29, 1.82) is 0 Å². The molecule has 3 heterocycles. The largest absolute Gasteiger partial charge is 0.494 e. The van der Waals surface area contributed by atoms with Crippen molar-refractivity contribution < 1.29 is 9.31 Å². The highest BCUT2D eigenvalue weighted by molar-refractivity contribution is 7.26. The standard InChI is InChI=1S/C30H25BO2S2/c1-29(2)30(3,4)33-31(32-29)19-16-23(28-22-10-6-8-12-25(22)35-27(28)17-19)18-13-14-21-20-9-5-7-11-24(20)34-26(21)15-18/h5-17H,1-4H3. The van der Waals surface area contributed by atoms with E-state index in [0.29, 0.717) is 0 Å². The molecule has 0 radical (unpaired) electrons. The van der Waals surface area contributed by atoms with Crippen molar-refractivity contribution in [2.24, 2.45) is 0 Å². The van der Waals surface area contributed by atoms with Crippen molar-refractivity contribution in [3.63, 3.8) is 0 Å². The Bertz CT molecular complexity index is 1760. The van der Waals surface area contributed by atoms with Crippen LogP contribution in [-0.2, 0) is 9.31 Å². The van der Waals surface area contributed by atoms with Crippen LogP contribution in [0.15, 0.2) is 78.9 Å². The summed E-state index contributed by atoms with van der Waals surface area (Å²) in [6.45, 7) is 8.45. The van der Waals surface area contributed by atoms with Gasteiger partial charge in [-0.05, 0) is 68.6 Å². The van der Waals surface area contributed by atoms with Crippen LogP contribution in [-0.4, -0.2) is 18.3 Å². The summed E-state index contributed by atoms with van der Waals surface area (Å²) in [6.07, 6.45) is 0. The third kappa shape index (κ3) is 3.22. The molecule has 0 amide bonds. The van der Waals surface area contributed by atoms with E-state index in [1.54, 1.807) is 0 Å². The first-order valence-electron chi connectivity index (χ1n) is 12.0. The van der Waals surface area contributed by atoms with Gasteiger partial charge in [0.05, 0.1) is 11.2 Å². The Morgan fingerprint density at radius 1 is 0.600 bits per heavy atom. The third-order valence-electron chi connectivity index (χ3n) is 7.72. The Labute approximate surface area is 213 Å². The maximum absolute atomic E-state index is 6.46.